The highest BCUT2D eigenvalue weighted by atomic mass is 16.3. The first kappa shape index (κ1) is 14.0. The van der Waals surface area contributed by atoms with Crippen LogP contribution in [-0.2, 0) is 6.42 Å². The number of fused-ring (bicyclic) bond motifs is 2. The van der Waals surface area contributed by atoms with E-state index in [4.69, 9.17) is 0 Å². The van der Waals surface area contributed by atoms with Crippen molar-refractivity contribution in [1.29, 1.82) is 0 Å². The first-order valence-corrected chi connectivity index (χ1v) is 7.68. The number of aliphatic hydroxyl groups is 1. The summed E-state index contributed by atoms with van der Waals surface area (Å²) < 4.78 is 0. The molecule has 2 aromatic heterocycles. The molecule has 0 aliphatic carbocycles. The van der Waals surface area contributed by atoms with Crippen molar-refractivity contribution >= 4 is 22.1 Å². The lowest BCUT2D eigenvalue weighted by Crippen LogP contribution is -2.05. The number of rotatable bonds is 3. The Morgan fingerprint density at radius 1 is 0.913 bits per heavy atom. The molecule has 0 aliphatic rings. The van der Waals surface area contributed by atoms with Gasteiger partial charge in [0, 0.05) is 6.42 Å². The Bertz CT molecular complexity index is 999. The predicted molar refractivity (Wildman–Crippen MR) is 90.3 cm³/mol. The number of aliphatic hydroxyl groups excluding tert-OH is 1. The fraction of sp³-hybridized carbons (Fsp3) is 0.222. The Morgan fingerprint density at radius 2 is 1.52 bits per heavy atom. The lowest BCUT2D eigenvalue weighted by atomic mass is 10.2. The van der Waals surface area contributed by atoms with E-state index >= 15 is 0 Å². The number of nitrogens with one attached hydrogen (secondary N) is 2. The van der Waals surface area contributed by atoms with Gasteiger partial charge < -0.3 is 15.1 Å². The molecule has 0 spiro atoms. The van der Waals surface area contributed by atoms with Gasteiger partial charge in [-0.15, -0.1) is 0 Å². The van der Waals surface area contributed by atoms with Gasteiger partial charge >= 0.3 is 0 Å². The monoisotopic (exact) mass is 306 g/mol. The highest BCUT2D eigenvalue weighted by Gasteiger charge is 2.15. The highest BCUT2D eigenvalue weighted by Crippen LogP contribution is 2.21. The summed E-state index contributed by atoms with van der Waals surface area (Å²) in [7, 11) is 0. The van der Waals surface area contributed by atoms with E-state index in [-0.39, 0.29) is 0 Å². The van der Waals surface area contributed by atoms with Crippen molar-refractivity contribution in [3.05, 3.63) is 59.2 Å². The third-order valence-electron chi connectivity index (χ3n) is 4.04. The molecular weight excluding hydrogens is 288 g/mol. The fourth-order valence-corrected chi connectivity index (χ4v) is 2.85. The smallest absolute Gasteiger partial charge is 0.136 e. The molecule has 5 heteroatoms. The second kappa shape index (κ2) is 5.21. The van der Waals surface area contributed by atoms with Crippen LogP contribution < -0.4 is 0 Å². The molecule has 5 nitrogen and oxygen atoms in total. The molecule has 0 fully saturated rings. The first-order chi connectivity index (χ1) is 11.1. The molecule has 0 amide bonds. The van der Waals surface area contributed by atoms with Crippen molar-refractivity contribution in [3.8, 4) is 0 Å². The van der Waals surface area contributed by atoms with Crippen molar-refractivity contribution in [2.24, 2.45) is 0 Å². The third kappa shape index (κ3) is 2.59. The molecular formula is C18H18N4O. The van der Waals surface area contributed by atoms with E-state index < -0.39 is 6.10 Å². The van der Waals surface area contributed by atoms with Crippen molar-refractivity contribution in [2.45, 2.75) is 26.4 Å². The van der Waals surface area contributed by atoms with Crippen molar-refractivity contribution in [2.75, 3.05) is 0 Å². The summed E-state index contributed by atoms with van der Waals surface area (Å²) in [6, 6.07) is 12.1. The Morgan fingerprint density at radius 3 is 2.22 bits per heavy atom. The molecule has 2 aromatic carbocycles. The van der Waals surface area contributed by atoms with Gasteiger partial charge in [0.2, 0.25) is 0 Å². The third-order valence-corrected chi connectivity index (χ3v) is 4.04. The summed E-state index contributed by atoms with van der Waals surface area (Å²) in [6.45, 7) is 4.08. The maximum Gasteiger partial charge on any atom is 0.136 e. The molecule has 0 bridgehead atoms. The molecule has 0 aliphatic heterocycles. The summed E-state index contributed by atoms with van der Waals surface area (Å²) in [4.78, 5) is 15.5. The van der Waals surface area contributed by atoms with Crippen LogP contribution in [0.5, 0.6) is 0 Å². The minimum absolute atomic E-state index is 0.395. The van der Waals surface area contributed by atoms with Gasteiger partial charge in [0.15, 0.2) is 0 Å². The van der Waals surface area contributed by atoms with Crippen LogP contribution in [0.1, 0.15) is 28.9 Å². The molecule has 2 heterocycles. The lowest BCUT2D eigenvalue weighted by Gasteiger charge is -2.04. The molecule has 4 rings (SSSR count). The average molecular weight is 306 g/mol. The van der Waals surface area contributed by atoms with E-state index in [1.54, 1.807) is 0 Å². The first-order valence-electron chi connectivity index (χ1n) is 7.68. The van der Waals surface area contributed by atoms with E-state index in [2.05, 4.69) is 26.0 Å². The number of H-pyrrole nitrogens is 2. The van der Waals surface area contributed by atoms with Crippen molar-refractivity contribution < 1.29 is 5.11 Å². The van der Waals surface area contributed by atoms with Crippen molar-refractivity contribution in [1.82, 2.24) is 19.9 Å². The highest BCUT2D eigenvalue weighted by molar-refractivity contribution is 5.76. The number of benzene rings is 2. The topological polar surface area (TPSA) is 77.6 Å². The summed E-state index contributed by atoms with van der Waals surface area (Å²) in [5.41, 5.74) is 6.06. The van der Waals surface area contributed by atoms with Gasteiger partial charge in [0.05, 0.1) is 22.1 Å². The van der Waals surface area contributed by atoms with Crippen LogP contribution in [0.25, 0.3) is 22.1 Å². The lowest BCUT2D eigenvalue weighted by molar-refractivity contribution is 0.167. The zero-order valence-corrected chi connectivity index (χ0v) is 13.1. The number of hydrogen-bond acceptors (Lipinski definition) is 3. The Balaban J connectivity index is 1.63. The summed E-state index contributed by atoms with van der Waals surface area (Å²) in [6.07, 6.45) is -0.323. The van der Waals surface area contributed by atoms with Gasteiger partial charge in [-0.2, -0.15) is 0 Å². The van der Waals surface area contributed by atoms with Gasteiger partial charge in [-0.3, -0.25) is 0 Å². The van der Waals surface area contributed by atoms with E-state index in [0.717, 1.165) is 33.5 Å². The Hall–Kier alpha value is -2.66. The molecule has 3 N–H and O–H groups in total. The maximum atomic E-state index is 10.5. The molecule has 0 radical (unpaired) electrons. The fourth-order valence-electron chi connectivity index (χ4n) is 2.85. The van der Waals surface area contributed by atoms with Crippen LogP contribution in [-0.4, -0.2) is 25.0 Å². The summed E-state index contributed by atoms with van der Waals surface area (Å²) >= 11 is 0. The molecule has 116 valence electrons. The minimum Gasteiger partial charge on any atom is -0.385 e. The van der Waals surface area contributed by atoms with E-state index in [0.29, 0.717) is 12.2 Å². The molecule has 0 saturated carbocycles. The summed E-state index contributed by atoms with van der Waals surface area (Å²) in [5, 5.41) is 10.5. The quantitative estimate of drug-likeness (QED) is 0.543. The normalized spacial score (nSPS) is 13.0. The average Bonchev–Trinajstić information content (AvgIpc) is 3.09. The van der Waals surface area contributed by atoms with Crippen LogP contribution in [0.15, 0.2) is 36.4 Å². The van der Waals surface area contributed by atoms with Gasteiger partial charge in [-0.05, 0) is 49.2 Å². The molecule has 0 saturated heterocycles. The van der Waals surface area contributed by atoms with Crippen LogP contribution in [0.3, 0.4) is 0 Å². The van der Waals surface area contributed by atoms with Gasteiger partial charge in [-0.1, -0.05) is 12.1 Å². The largest absolute Gasteiger partial charge is 0.385 e. The number of aromatic amines is 2. The molecule has 23 heavy (non-hydrogen) atoms. The Kier molecular flexibility index (Phi) is 3.16. The molecule has 1 unspecified atom stereocenters. The Labute approximate surface area is 133 Å². The van der Waals surface area contributed by atoms with E-state index in [1.165, 1.54) is 5.56 Å². The predicted octanol–water partition coefficient (Wildman–Crippen LogP) is 3.33. The number of aromatic nitrogens is 4. The maximum absolute atomic E-state index is 10.5. The van der Waals surface area contributed by atoms with Gasteiger partial charge in [0.25, 0.3) is 0 Å². The zero-order valence-electron chi connectivity index (χ0n) is 13.1. The molecule has 4 aromatic rings. The number of nitrogens with zero attached hydrogens (tertiary/aromatic N) is 2. The second-order valence-corrected chi connectivity index (χ2v) is 6.07. The van der Waals surface area contributed by atoms with Gasteiger partial charge in [0.1, 0.15) is 17.8 Å². The van der Waals surface area contributed by atoms with Crippen LogP contribution in [0, 0.1) is 13.8 Å². The van der Waals surface area contributed by atoms with Crippen LogP contribution in [0.4, 0.5) is 0 Å². The standard InChI is InChI=1S/C18H18N4O/c1-10-3-5-12-14(7-10)20-17(19-12)9-16(23)18-21-13-6-4-11(2)8-15(13)22-18/h3-8,16,23H,9H2,1-2H3,(H,19,20)(H,21,22). The number of hydrogen-bond donors (Lipinski definition) is 3. The minimum atomic E-state index is -0.718. The van der Waals surface area contributed by atoms with Crippen LogP contribution >= 0.6 is 0 Å². The molecule has 1 atom stereocenters. The SMILES string of the molecule is Cc1ccc2nc(CC(O)c3nc4ccc(C)cc4[nH]3)[nH]c2c1. The van der Waals surface area contributed by atoms with E-state index in [1.807, 2.05) is 44.2 Å². The second-order valence-electron chi connectivity index (χ2n) is 6.07. The number of aryl methyl sites for hydroxylation is 2. The zero-order chi connectivity index (χ0) is 16.0. The summed E-state index contributed by atoms with van der Waals surface area (Å²) in [5.74, 6) is 1.33. The van der Waals surface area contributed by atoms with E-state index in [9.17, 15) is 5.11 Å². The van der Waals surface area contributed by atoms with Crippen molar-refractivity contribution in [3.63, 3.8) is 0 Å². The number of imidazole rings is 2. The van der Waals surface area contributed by atoms with Crippen LogP contribution in [0.2, 0.25) is 0 Å². The van der Waals surface area contributed by atoms with Gasteiger partial charge in [-0.25, -0.2) is 9.97 Å².